The quantitative estimate of drug-likeness (QED) is 0.657. The SMILES string of the molecule is CC(=O)c1cccc(OCC(=O)NC(C)c2ccc(OCC(=O)O)cc2)c1. The average Bonchev–Trinajstić information content (AvgIpc) is 2.65. The molecule has 2 aromatic carbocycles. The number of carbonyl (C=O) groups excluding carboxylic acids is 2. The van der Waals surface area contributed by atoms with E-state index in [-0.39, 0.29) is 24.3 Å². The summed E-state index contributed by atoms with van der Waals surface area (Å²) in [5.74, 6) is -0.538. The van der Waals surface area contributed by atoms with Crippen LogP contribution in [0.4, 0.5) is 0 Å². The number of ether oxygens (including phenoxy) is 2. The van der Waals surface area contributed by atoms with E-state index in [4.69, 9.17) is 14.6 Å². The van der Waals surface area contributed by atoms with Crippen molar-refractivity contribution in [1.82, 2.24) is 5.32 Å². The predicted molar refractivity (Wildman–Crippen MR) is 98.1 cm³/mol. The molecule has 0 aliphatic carbocycles. The Balaban J connectivity index is 1.85. The predicted octanol–water partition coefficient (Wildman–Crippen LogP) is 2.61. The maximum Gasteiger partial charge on any atom is 0.341 e. The molecule has 0 aliphatic heterocycles. The zero-order chi connectivity index (χ0) is 19.8. The minimum Gasteiger partial charge on any atom is -0.484 e. The molecule has 0 saturated heterocycles. The minimum absolute atomic E-state index is 0.0747. The van der Waals surface area contributed by atoms with Crippen molar-refractivity contribution < 1.29 is 29.0 Å². The molecule has 0 heterocycles. The molecular weight excluding hydrogens is 350 g/mol. The summed E-state index contributed by atoms with van der Waals surface area (Å²) in [4.78, 5) is 33.9. The van der Waals surface area contributed by atoms with Crippen LogP contribution in [0.3, 0.4) is 0 Å². The van der Waals surface area contributed by atoms with Crippen LogP contribution in [0.1, 0.15) is 35.8 Å². The lowest BCUT2D eigenvalue weighted by Crippen LogP contribution is -2.31. The van der Waals surface area contributed by atoms with E-state index >= 15 is 0 Å². The van der Waals surface area contributed by atoms with E-state index in [1.165, 1.54) is 6.92 Å². The van der Waals surface area contributed by atoms with Crippen LogP contribution in [-0.2, 0) is 9.59 Å². The number of aliphatic carboxylic acids is 1. The molecule has 2 rings (SSSR count). The Hall–Kier alpha value is -3.35. The van der Waals surface area contributed by atoms with Crippen LogP contribution in [0.5, 0.6) is 11.5 Å². The van der Waals surface area contributed by atoms with Crippen molar-refractivity contribution >= 4 is 17.7 Å². The summed E-state index contributed by atoms with van der Waals surface area (Å²) in [5.41, 5.74) is 1.36. The van der Waals surface area contributed by atoms with Crippen LogP contribution in [0, 0.1) is 0 Å². The molecule has 2 N–H and O–H groups in total. The van der Waals surface area contributed by atoms with Crippen molar-refractivity contribution in [3.8, 4) is 11.5 Å². The first kappa shape index (κ1) is 20.0. The monoisotopic (exact) mass is 371 g/mol. The third kappa shape index (κ3) is 6.47. The molecule has 0 aliphatic rings. The van der Waals surface area contributed by atoms with Gasteiger partial charge >= 0.3 is 5.97 Å². The molecule has 7 nitrogen and oxygen atoms in total. The fraction of sp³-hybridized carbons (Fsp3) is 0.250. The fourth-order valence-corrected chi connectivity index (χ4v) is 2.32. The zero-order valence-corrected chi connectivity index (χ0v) is 15.1. The van der Waals surface area contributed by atoms with Crippen molar-refractivity contribution in [2.24, 2.45) is 0 Å². The van der Waals surface area contributed by atoms with Gasteiger partial charge in [-0.15, -0.1) is 0 Å². The van der Waals surface area contributed by atoms with Gasteiger partial charge in [0, 0.05) is 5.56 Å². The minimum atomic E-state index is -1.05. The van der Waals surface area contributed by atoms with Crippen molar-refractivity contribution in [2.45, 2.75) is 19.9 Å². The second-order valence-corrected chi connectivity index (χ2v) is 5.91. The lowest BCUT2D eigenvalue weighted by Gasteiger charge is -2.15. The number of benzene rings is 2. The van der Waals surface area contributed by atoms with Crippen molar-refractivity contribution in [3.05, 3.63) is 59.7 Å². The molecule has 2 aromatic rings. The Labute approximate surface area is 156 Å². The molecule has 0 fully saturated rings. The summed E-state index contributed by atoms with van der Waals surface area (Å²) < 4.78 is 10.5. The lowest BCUT2D eigenvalue weighted by molar-refractivity contribution is -0.139. The van der Waals surface area contributed by atoms with Gasteiger partial charge in [0.15, 0.2) is 19.0 Å². The number of hydrogen-bond acceptors (Lipinski definition) is 5. The van der Waals surface area contributed by atoms with Crippen LogP contribution in [0.2, 0.25) is 0 Å². The molecule has 1 atom stereocenters. The van der Waals surface area contributed by atoms with Gasteiger partial charge in [0.2, 0.25) is 0 Å². The first-order chi connectivity index (χ1) is 12.8. The third-order valence-electron chi connectivity index (χ3n) is 3.73. The van der Waals surface area contributed by atoms with Crippen molar-refractivity contribution in [3.63, 3.8) is 0 Å². The standard InChI is InChI=1S/C20H21NO6/c1-13(15-6-8-17(9-7-15)27-12-20(24)25)21-19(23)11-26-18-5-3-4-16(10-18)14(2)22/h3-10,13H,11-12H2,1-2H3,(H,21,23)(H,24,25). The Morgan fingerprint density at radius 3 is 2.30 bits per heavy atom. The zero-order valence-electron chi connectivity index (χ0n) is 15.1. The molecule has 7 heteroatoms. The van der Waals surface area contributed by atoms with Gasteiger partial charge in [0.05, 0.1) is 6.04 Å². The van der Waals surface area contributed by atoms with E-state index in [2.05, 4.69) is 5.32 Å². The van der Waals surface area contributed by atoms with Crippen LogP contribution < -0.4 is 14.8 Å². The summed E-state index contributed by atoms with van der Waals surface area (Å²) >= 11 is 0. The highest BCUT2D eigenvalue weighted by atomic mass is 16.5. The number of rotatable bonds is 9. The van der Waals surface area contributed by atoms with Gasteiger partial charge in [0.1, 0.15) is 11.5 Å². The van der Waals surface area contributed by atoms with E-state index in [0.29, 0.717) is 17.1 Å². The second kappa shape index (κ2) is 9.38. The maximum atomic E-state index is 12.1. The van der Waals surface area contributed by atoms with Crippen molar-refractivity contribution in [1.29, 1.82) is 0 Å². The van der Waals surface area contributed by atoms with Gasteiger partial charge in [-0.1, -0.05) is 24.3 Å². The average molecular weight is 371 g/mol. The first-order valence-electron chi connectivity index (χ1n) is 8.33. The van der Waals surface area contributed by atoms with Crippen LogP contribution in [0.25, 0.3) is 0 Å². The molecule has 0 saturated carbocycles. The van der Waals surface area contributed by atoms with Gasteiger partial charge in [0.25, 0.3) is 5.91 Å². The molecule has 1 unspecified atom stereocenters. The van der Waals surface area contributed by atoms with Crippen molar-refractivity contribution in [2.75, 3.05) is 13.2 Å². The molecule has 1 amide bonds. The maximum absolute atomic E-state index is 12.1. The highest BCUT2D eigenvalue weighted by Crippen LogP contribution is 2.18. The van der Waals surface area contributed by atoms with E-state index in [1.807, 2.05) is 6.92 Å². The van der Waals surface area contributed by atoms with Gasteiger partial charge in [-0.3, -0.25) is 9.59 Å². The third-order valence-corrected chi connectivity index (χ3v) is 3.73. The normalized spacial score (nSPS) is 11.3. The summed E-state index contributed by atoms with van der Waals surface area (Å²) in [6, 6.07) is 13.2. The Bertz CT molecular complexity index is 815. The smallest absolute Gasteiger partial charge is 0.341 e. The van der Waals surface area contributed by atoms with Crippen LogP contribution in [-0.4, -0.2) is 36.0 Å². The summed E-state index contributed by atoms with van der Waals surface area (Å²) in [7, 11) is 0. The highest BCUT2D eigenvalue weighted by Gasteiger charge is 2.11. The van der Waals surface area contributed by atoms with Gasteiger partial charge in [-0.25, -0.2) is 4.79 Å². The van der Waals surface area contributed by atoms with E-state index in [0.717, 1.165) is 5.56 Å². The molecule has 142 valence electrons. The molecular formula is C20H21NO6. The summed E-state index contributed by atoms with van der Waals surface area (Å²) in [5, 5.41) is 11.4. The number of hydrogen-bond donors (Lipinski definition) is 2. The number of carbonyl (C=O) groups is 3. The second-order valence-electron chi connectivity index (χ2n) is 5.91. The lowest BCUT2D eigenvalue weighted by atomic mass is 10.1. The molecule has 0 bridgehead atoms. The number of carboxylic acid groups (broad SMARTS) is 1. The van der Waals surface area contributed by atoms with E-state index < -0.39 is 12.6 Å². The number of nitrogens with one attached hydrogen (secondary N) is 1. The van der Waals surface area contributed by atoms with Crippen LogP contribution >= 0.6 is 0 Å². The Morgan fingerprint density at radius 2 is 1.67 bits per heavy atom. The Kier molecular flexibility index (Phi) is 6.93. The van der Waals surface area contributed by atoms with Crippen LogP contribution in [0.15, 0.2) is 48.5 Å². The highest BCUT2D eigenvalue weighted by molar-refractivity contribution is 5.94. The fourth-order valence-electron chi connectivity index (χ4n) is 2.32. The topological polar surface area (TPSA) is 102 Å². The molecule has 0 radical (unpaired) electrons. The van der Waals surface area contributed by atoms with E-state index in [1.54, 1.807) is 48.5 Å². The summed E-state index contributed by atoms with van der Waals surface area (Å²) in [6.07, 6.45) is 0. The van der Waals surface area contributed by atoms with Gasteiger partial charge < -0.3 is 19.9 Å². The number of Topliss-reactive ketones (excluding diaryl/α,β-unsaturated/α-hetero) is 1. The molecule has 0 aromatic heterocycles. The first-order valence-corrected chi connectivity index (χ1v) is 8.33. The number of amides is 1. The van der Waals surface area contributed by atoms with Gasteiger partial charge in [-0.05, 0) is 43.7 Å². The molecule has 27 heavy (non-hydrogen) atoms. The number of ketones is 1. The van der Waals surface area contributed by atoms with E-state index in [9.17, 15) is 14.4 Å². The Morgan fingerprint density at radius 1 is 1.00 bits per heavy atom. The summed E-state index contributed by atoms with van der Waals surface area (Å²) in [6.45, 7) is 2.70. The number of carboxylic acids is 1. The largest absolute Gasteiger partial charge is 0.484 e. The van der Waals surface area contributed by atoms with Gasteiger partial charge in [-0.2, -0.15) is 0 Å². The molecule has 0 spiro atoms.